The van der Waals surface area contributed by atoms with Crippen molar-refractivity contribution in [1.82, 2.24) is 9.97 Å². The largest absolute Gasteiger partial charge is 0.489 e. The van der Waals surface area contributed by atoms with Gasteiger partial charge in [0, 0.05) is 47.9 Å². The maximum Gasteiger partial charge on any atom is 0.229 e. The van der Waals surface area contributed by atoms with Crippen molar-refractivity contribution in [3.05, 3.63) is 69.7 Å². The van der Waals surface area contributed by atoms with Crippen LogP contribution in [0.4, 0.5) is 17.6 Å². The zero-order chi connectivity index (χ0) is 24.0. The van der Waals surface area contributed by atoms with Gasteiger partial charge in [0.2, 0.25) is 5.95 Å². The number of anilines is 3. The van der Waals surface area contributed by atoms with Crippen molar-refractivity contribution >= 4 is 47.0 Å². The molecule has 2 saturated heterocycles. The number of halogens is 2. The third-order valence-corrected chi connectivity index (χ3v) is 6.77. The summed E-state index contributed by atoms with van der Waals surface area (Å²) < 4.78 is 5.92. The first kappa shape index (κ1) is 23.7. The predicted octanol–water partition coefficient (Wildman–Crippen LogP) is 6.01. The lowest BCUT2D eigenvalue weighted by atomic mass is 10.2. The highest BCUT2D eigenvalue weighted by molar-refractivity contribution is 6.35. The number of aromatic nitrogens is 2. The van der Waals surface area contributed by atoms with Crippen molar-refractivity contribution in [2.45, 2.75) is 32.3 Å². The van der Waals surface area contributed by atoms with Gasteiger partial charge in [0.1, 0.15) is 18.2 Å². The Balaban J connectivity index is 1.26. The van der Waals surface area contributed by atoms with Gasteiger partial charge in [0.25, 0.3) is 0 Å². The molecule has 1 N–H and O–H groups in total. The van der Waals surface area contributed by atoms with Crippen LogP contribution in [-0.4, -0.2) is 42.4 Å². The quantitative estimate of drug-likeness (QED) is 0.295. The molecule has 5 rings (SSSR count). The molecule has 2 aliphatic heterocycles. The minimum atomic E-state index is 0.355. The average molecular weight is 511 g/mol. The van der Waals surface area contributed by atoms with Crippen molar-refractivity contribution < 1.29 is 4.74 Å². The van der Waals surface area contributed by atoms with Crippen molar-refractivity contribution in [3.63, 3.8) is 0 Å². The Labute approximate surface area is 215 Å². The maximum atomic E-state index is 6.25. The van der Waals surface area contributed by atoms with Crippen molar-refractivity contribution in [1.29, 1.82) is 0 Å². The monoisotopic (exact) mass is 510 g/mol. The molecule has 2 aromatic carbocycles. The Kier molecular flexibility index (Phi) is 7.54. The van der Waals surface area contributed by atoms with E-state index >= 15 is 0 Å². The molecular weight excluding hydrogens is 483 g/mol. The topological polar surface area (TPSA) is 65.9 Å². The van der Waals surface area contributed by atoms with Gasteiger partial charge in [-0.05, 0) is 55.5 Å². The third kappa shape index (κ3) is 6.16. The highest BCUT2D eigenvalue weighted by atomic mass is 35.5. The number of rotatable bonds is 8. The summed E-state index contributed by atoms with van der Waals surface area (Å²) in [5, 5.41) is 5.63. The van der Waals surface area contributed by atoms with Crippen LogP contribution in [-0.2, 0) is 6.61 Å². The fourth-order valence-electron chi connectivity index (χ4n) is 4.30. The van der Waals surface area contributed by atoms with E-state index in [1.807, 2.05) is 36.4 Å². The molecule has 0 radical (unpaired) electrons. The van der Waals surface area contributed by atoms with Crippen LogP contribution in [0, 0.1) is 0 Å². The maximum absolute atomic E-state index is 6.25. The van der Waals surface area contributed by atoms with E-state index in [-0.39, 0.29) is 0 Å². The van der Waals surface area contributed by atoms with Crippen molar-refractivity contribution in [2.75, 3.05) is 41.4 Å². The molecular formula is C26H28Cl2N6O. The van der Waals surface area contributed by atoms with Crippen LogP contribution in [0.15, 0.2) is 53.6 Å². The zero-order valence-corrected chi connectivity index (χ0v) is 21.0. The first-order chi connectivity index (χ1) is 17.1. The minimum Gasteiger partial charge on any atom is -0.489 e. The molecule has 9 heteroatoms. The van der Waals surface area contributed by atoms with Gasteiger partial charge in [0.15, 0.2) is 5.82 Å². The van der Waals surface area contributed by atoms with Gasteiger partial charge in [-0.3, -0.25) is 5.43 Å². The van der Waals surface area contributed by atoms with Crippen molar-refractivity contribution in [2.24, 2.45) is 5.10 Å². The molecule has 2 aliphatic rings. The Morgan fingerprint density at radius 1 is 0.914 bits per heavy atom. The summed E-state index contributed by atoms with van der Waals surface area (Å²) >= 11 is 12.2. The number of hydrogen-bond donors (Lipinski definition) is 1. The molecule has 0 amide bonds. The zero-order valence-electron chi connectivity index (χ0n) is 19.5. The van der Waals surface area contributed by atoms with Crippen LogP contribution >= 0.6 is 23.2 Å². The molecule has 3 aromatic rings. The second-order valence-electron chi connectivity index (χ2n) is 8.77. The van der Waals surface area contributed by atoms with Crippen LogP contribution in [0.5, 0.6) is 5.75 Å². The SMILES string of the molecule is Clc1ccc(COc2cccc(/C=N/Nc3cc(N4CCCC4)nc(N4CCCC4)n3)c2)c(Cl)c1. The van der Waals surface area contributed by atoms with E-state index in [1.165, 1.54) is 25.7 Å². The molecule has 182 valence electrons. The number of nitrogens with zero attached hydrogens (tertiary/aromatic N) is 5. The fourth-order valence-corrected chi connectivity index (χ4v) is 4.77. The van der Waals surface area contributed by atoms with Crippen LogP contribution in [0.1, 0.15) is 36.8 Å². The lowest BCUT2D eigenvalue weighted by Crippen LogP contribution is -2.24. The van der Waals surface area contributed by atoms with Gasteiger partial charge in [-0.1, -0.05) is 41.4 Å². The standard InChI is InChI=1S/C26H28Cl2N6O/c27-21-9-8-20(23(28)15-21)18-35-22-7-5-6-19(14-22)17-29-32-24-16-25(33-10-1-2-11-33)31-26(30-24)34-12-3-4-13-34/h5-9,14-17H,1-4,10-13,18H2,(H,30,31,32)/b29-17+. The van der Waals surface area contributed by atoms with Gasteiger partial charge >= 0.3 is 0 Å². The molecule has 35 heavy (non-hydrogen) atoms. The summed E-state index contributed by atoms with van der Waals surface area (Å²) in [7, 11) is 0. The van der Waals surface area contributed by atoms with E-state index in [2.05, 4.69) is 20.3 Å². The highest BCUT2D eigenvalue weighted by Crippen LogP contribution is 2.26. The fraction of sp³-hybridized carbons (Fsp3) is 0.346. The van der Waals surface area contributed by atoms with Gasteiger partial charge in [-0.25, -0.2) is 0 Å². The molecule has 2 fully saturated rings. The number of ether oxygens (including phenoxy) is 1. The molecule has 0 bridgehead atoms. The number of hydrazone groups is 1. The van der Waals surface area contributed by atoms with E-state index in [1.54, 1.807) is 18.3 Å². The molecule has 0 spiro atoms. The molecule has 3 heterocycles. The highest BCUT2D eigenvalue weighted by Gasteiger charge is 2.20. The first-order valence-corrected chi connectivity index (χ1v) is 12.7. The normalized spacial score (nSPS) is 15.8. The second-order valence-corrected chi connectivity index (χ2v) is 9.61. The summed E-state index contributed by atoms with van der Waals surface area (Å²) in [5.74, 6) is 3.17. The van der Waals surface area contributed by atoms with Gasteiger partial charge in [0.05, 0.1) is 6.21 Å². The molecule has 1 aromatic heterocycles. The van der Waals surface area contributed by atoms with Crippen LogP contribution in [0.25, 0.3) is 0 Å². The average Bonchev–Trinajstić information content (AvgIpc) is 3.59. The second kappa shape index (κ2) is 11.1. The predicted molar refractivity (Wildman–Crippen MR) is 143 cm³/mol. The number of benzene rings is 2. The first-order valence-electron chi connectivity index (χ1n) is 12.0. The van der Waals surface area contributed by atoms with Crippen LogP contribution < -0.4 is 20.0 Å². The number of hydrogen-bond acceptors (Lipinski definition) is 7. The van der Waals surface area contributed by atoms with Crippen molar-refractivity contribution in [3.8, 4) is 5.75 Å². The summed E-state index contributed by atoms with van der Waals surface area (Å²) in [6.07, 6.45) is 6.52. The third-order valence-electron chi connectivity index (χ3n) is 6.18. The summed E-state index contributed by atoms with van der Waals surface area (Å²) in [5.41, 5.74) is 4.89. The molecule has 0 aliphatic carbocycles. The Morgan fingerprint density at radius 2 is 1.69 bits per heavy atom. The van der Waals surface area contributed by atoms with Crippen LogP contribution in [0.3, 0.4) is 0 Å². The lowest BCUT2D eigenvalue weighted by Gasteiger charge is -2.21. The molecule has 0 atom stereocenters. The Morgan fingerprint density at radius 3 is 2.46 bits per heavy atom. The lowest BCUT2D eigenvalue weighted by molar-refractivity contribution is 0.306. The summed E-state index contributed by atoms with van der Waals surface area (Å²) in [6.45, 7) is 4.43. The summed E-state index contributed by atoms with van der Waals surface area (Å²) in [6, 6.07) is 15.1. The van der Waals surface area contributed by atoms with Gasteiger partial charge in [-0.15, -0.1) is 0 Å². The molecule has 0 saturated carbocycles. The Bertz CT molecular complexity index is 1160. The van der Waals surface area contributed by atoms with Gasteiger partial charge < -0.3 is 14.5 Å². The van der Waals surface area contributed by atoms with E-state index in [9.17, 15) is 0 Å². The smallest absolute Gasteiger partial charge is 0.229 e. The summed E-state index contributed by atoms with van der Waals surface area (Å²) in [4.78, 5) is 14.2. The molecule has 0 unspecified atom stereocenters. The van der Waals surface area contributed by atoms with E-state index in [0.717, 1.165) is 54.8 Å². The van der Waals surface area contributed by atoms with Crippen LogP contribution in [0.2, 0.25) is 10.0 Å². The van der Waals surface area contributed by atoms with E-state index < -0.39 is 0 Å². The van der Waals surface area contributed by atoms with Gasteiger partial charge in [-0.2, -0.15) is 15.1 Å². The van der Waals surface area contributed by atoms with E-state index in [0.29, 0.717) is 22.5 Å². The minimum absolute atomic E-state index is 0.355. The molecule has 7 nitrogen and oxygen atoms in total. The number of nitrogens with one attached hydrogen (secondary N) is 1. The Hall–Kier alpha value is -3.03. The van der Waals surface area contributed by atoms with E-state index in [4.69, 9.17) is 37.9 Å².